The smallest absolute Gasteiger partial charge is 0.410 e. The molecule has 1 fully saturated rings. The fourth-order valence-corrected chi connectivity index (χ4v) is 3.54. The maximum Gasteiger partial charge on any atom is 0.410 e. The molecule has 3 rings (SSSR count). The molecule has 1 atom stereocenters. The van der Waals surface area contributed by atoms with Crippen LogP contribution in [0.2, 0.25) is 0 Å². The third-order valence-corrected chi connectivity index (χ3v) is 4.95. The number of carbonyl (C=O) groups excluding carboxylic acids is 2. The van der Waals surface area contributed by atoms with Gasteiger partial charge in [0, 0.05) is 39.1 Å². The lowest BCUT2D eigenvalue weighted by atomic mass is 9.96. The number of cyclic esters (lactones) is 1. The highest BCUT2D eigenvalue weighted by Gasteiger charge is 2.26. The maximum atomic E-state index is 12.1. The molecule has 27 heavy (non-hydrogen) atoms. The van der Waals surface area contributed by atoms with E-state index in [1.165, 1.54) is 5.56 Å². The molecule has 1 aromatic rings. The number of hydrogen-bond acceptors (Lipinski definition) is 5. The summed E-state index contributed by atoms with van der Waals surface area (Å²) in [5.74, 6) is -0.214. The Morgan fingerprint density at radius 2 is 1.93 bits per heavy atom. The van der Waals surface area contributed by atoms with Crippen molar-refractivity contribution >= 4 is 12.1 Å². The molecule has 2 aliphatic heterocycles. The van der Waals surface area contributed by atoms with Crippen LogP contribution in [0.1, 0.15) is 49.2 Å². The molecule has 2 aliphatic rings. The van der Waals surface area contributed by atoms with Crippen molar-refractivity contribution in [1.82, 2.24) is 9.80 Å². The zero-order valence-electron chi connectivity index (χ0n) is 16.8. The van der Waals surface area contributed by atoms with Crippen LogP contribution in [0.3, 0.4) is 0 Å². The molecule has 0 radical (unpaired) electrons. The van der Waals surface area contributed by atoms with Gasteiger partial charge in [-0.3, -0.25) is 4.90 Å². The molecule has 0 N–H and O–H groups in total. The molecule has 6 nitrogen and oxygen atoms in total. The predicted molar refractivity (Wildman–Crippen MR) is 103 cm³/mol. The van der Waals surface area contributed by atoms with E-state index in [2.05, 4.69) is 11.0 Å². The van der Waals surface area contributed by atoms with Crippen LogP contribution in [-0.2, 0) is 22.3 Å². The van der Waals surface area contributed by atoms with Gasteiger partial charge in [0.1, 0.15) is 11.7 Å². The van der Waals surface area contributed by atoms with E-state index in [1.807, 2.05) is 39.8 Å². The summed E-state index contributed by atoms with van der Waals surface area (Å²) in [6.45, 7) is 11.6. The molecule has 1 saturated heterocycles. The Hall–Kier alpha value is -2.08. The quantitative estimate of drug-likeness (QED) is 0.762. The zero-order valence-corrected chi connectivity index (χ0v) is 16.8. The van der Waals surface area contributed by atoms with E-state index in [0.717, 1.165) is 38.0 Å². The fourth-order valence-electron chi connectivity index (χ4n) is 3.54. The number of carbonyl (C=O) groups is 2. The highest BCUT2D eigenvalue weighted by atomic mass is 16.6. The lowest BCUT2D eigenvalue weighted by Crippen LogP contribution is -2.50. The predicted octanol–water partition coefficient (Wildman–Crippen LogP) is 2.88. The number of piperazine rings is 1. The first-order valence-electron chi connectivity index (χ1n) is 9.74. The van der Waals surface area contributed by atoms with Gasteiger partial charge in [0.25, 0.3) is 0 Å². The summed E-state index contributed by atoms with van der Waals surface area (Å²) in [6.07, 6.45) is 1.44. The van der Waals surface area contributed by atoms with Gasteiger partial charge in [-0.15, -0.1) is 0 Å². The van der Waals surface area contributed by atoms with Gasteiger partial charge in [0.2, 0.25) is 0 Å². The first-order valence-corrected chi connectivity index (χ1v) is 9.74. The largest absolute Gasteiger partial charge is 0.459 e. The molecule has 2 heterocycles. The SMILES string of the molecule is C[C@H]1Cc2cc(CCN3CCN(C(=O)OC(C)(C)C)CC3)ccc2C(=O)O1. The van der Waals surface area contributed by atoms with Crippen molar-refractivity contribution in [2.24, 2.45) is 0 Å². The lowest BCUT2D eigenvalue weighted by Gasteiger charge is -2.35. The van der Waals surface area contributed by atoms with Gasteiger partial charge in [-0.2, -0.15) is 0 Å². The third kappa shape index (κ3) is 5.22. The van der Waals surface area contributed by atoms with Gasteiger partial charge >= 0.3 is 12.1 Å². The van der Waals surface area contributed by atoms with Crippen LogP contribution in [0.25, 0.3) is 0 Å². The topological polar surface area (TPSA) is 59.1 Å². The van der Waals surface area contributed by atoms with Crippen molar-refractivity contribution in [3.63, 3.8) is 0 Å². The lowest BCUT2D eigenvalue weighted by molar-refractivity contribution is 0.0145. The molecule has 0 spiro atoms. The molecular formula is C21H30N2O4. The standard InChI is InChI=1S/C21H30N2O4/c1-15-13-17-14-16(5-6-18(17)19(24)26-15)7-8-22-9-11-23(12-10-22)20(25)27-21(2,3)4/h5-6,14-15H,7-13H2,1-4H3/t15-/m0/s1. The number of hydrogen-bond donors (Lipinski definition) is 0. The molecule has 1 amide bonds. The Bertz CT molecular complexity index is 703. The molecule has 0 aromatic heterocycles. The van der Waals surface area contributed by atoms with Crippen LogP contribution in [0.15, 0.2) is 18.2 Å². The van der Waals surface area contributed by atoms with Gasteiger partial charge in [0.15, 0.2) is 0 Å². The summed E-state index contributed by atoms with van der Waals surface area (Å²) in [4.78, 5) is 28.2. The Morgan fingerprint density at radius 1 is 1.22 bits per heavy atom. The van der Waals surface area contributed by atoms with Crippen LogP contribution < -0.4 is 0 Å². The van der Waals surface area contributed by atoms with Crippen LogP contribution >= 0.6 is 0 Å². The number of esters is 1. The first kappa shape index (κ1) is 19.7. The van der Waals surface area contributed by atoms with Gasteiger partial charge in [0.05, 0.1) is 5.56 Å². The average Bonchev–Trinajstić information content (AvgIpc) is 2.58. The van der Waals surface area contributed by atoms with Gasteiger partial charge in [-0.1, -0.05) is 12.1 Å². The molecule has 0 unspecified atom stereocenters. The van der Waals surface area contributed by atoms with E-state index in [1.54, 1.807) is 4.90 Å². The Kier molecular flexibility index (Phi) is 5.75. The summed E-state index contributed by atoms with van der Waals surface area (Å²) in [5.41, 5.74) is 2.57. The Balaban J connectivity index is 1.49. The molecule has 148 valence electrons. The minimum Gasteiger partial charge on any atom is -0.459 e. The number of amides is 1. The third-order valence-electron chi connectivity index (χ3n) is 4.95. The van der Waals surface area contributed by atoms with Crippen LogP contribution in [0.5, 0.6) is 0 Å². The second-order valence-electron chi connectivity index (χ2n) is 8.47. The summed E-state index contributed by atoms with van der Waals surface area (Å²) >= 11 is 0. The van der Waals surface area contributed by atoms with Crippen LogP contribution in [0.4, 0.5) is 4.79 Å². The van der Waals surface area contributed by atoms with Crippen molar-refractivity contribution in [3.05, 3.63) is 34.9 Å². The monoisotopic (exact) mass is 374 g/mol. The van der Waals surface area contributed by atoms with Crippen molar-refractivity contribution in [3.8, 4) is 0 Å². The highest BCUT2D eigenvalue weighted by Crippen LogP contribution is 2.22. The molecular weight excluding hydrogens is 344 g/mol. The minimum absolute atomic E-state index is 0.0545. The van der Waals surface area contributed by atoms with E-state index in [0.29, 0.717) is 18.7 Å². The van der Waals surface area contributed by atoms with Gasteiger partial charge < -0.3 is 14.4 Å². The van der Waals surface area contributed by atoms with Gasteiger partial charge in [-0.25, -0.2) is 9.59 Å². The number of nitrogens with zero attached hydrogens (tertiary/aromatic N) is 2. The van der Waals surface area contributed by atoms with Crippen LogP contribution in [-0.4, -0.2) is 66.3 Å². The van der Waals surface area contributed by atoms with Gasteiger partial charge in [-0.05, 0) is 51.3 Å². The van der Waals surface area contributed by atoms with Crippen molar-refractivity contribution in [1.29, 1.82) is 0 Å². The van der Waals surface area contributed by atoms with Crippen LogP contribution in [0, 0.1) is 0 Å². The number of fused-ring (bicyclic) bond motifs is 1. The maximum absolute atomic E-state index is 12.1. The average molecular weight is 374 g/mol. The Morgan fingerprint density at radius 3 is 2.59 bits per heavy atom. The summed E-state index contributed by atoms with van der Waals surface area (Å²) in [6, 6.07) is 6.05. The van der Waals surface area contributed by atoms with Crippen molar-refractivity contribution in [2.75, 3.05) is 32.7 Å². The highest BCUT2D eigenvalue weighted by molar-refractivity contribution is 5.92. The molecule has 0 bridgehead atoms. The van der Waals surface area contributed by atoms with E-state index >= 15 is 0 Å². The summed E-state index contributed by atoms with van der Waals surface area (Å²) in [5, 5.41) is 0. The van der Waals surface area contributed by atoms with E-state index in [9.17, 15) is 9.59 Å². The second kappa shape index (κ2) is 7.89. The van der Waals surface area contributed by atoms with E-state index in [4.69, 9.17) is 9.47 Å². The van der Waals surface area contributed by atoms with E-state index < -0.39 is 5.60 Å². The fraction of sp³-hybridized carbons (Fsp3) is 0.619. The van der Waals surface area contributed by atoms with Crippen molar-refractivity contribution < 1.29 is 19.1 Å². The van der Waals surface area contributed by atoms with E-state index in [-0.39, 0.29) is 18.2 Å². The summed E-state index contributed by atoms with van der Waals surface area (Å²) in [7, 11) is 0. The zero-order chi connectivity index (χ0) is 19.6. The normalized spacial score (nSPS) is 20.8. The number of rotatable bonds is 3. The minimum atomic E-state index is -0.454. The first-order chi connectivity index (χ1) is 12.7. The Labute approximate surface area is 161 Å². The molecule has 0 saturated carbocycles. The van der Waals surface area contributed by atoms with Crippen molar-refractivity contribution in [2.45, 2.75) is 52.2 Å². The number of ether oxygens (including phenoxy) is 2. The summed E-state index contributed by atoms with van der Waals surface area (Å²) < 4.78 is 10.7. The molecule has 1 aromatic carbocycles. The molecule has 6 heteroatoms. The molecule has 0 aliphatic carbocycles. The number of benzene rings is 1. The second-order valence-corrected chi connectivity index (χ2v) is 8.47.